The molecule has 0 aliphatic heterocycles. The van der Waals surface area contributed by atoms with Crippen molar-refractivity contribution in [2.45, 2.75) is 12.1 Å². The molecular weight excluding hydrogens is 239 g/mol. The summed E-state index contributed by atoms with van der Waals surface area (Å²) in [5.41, 5.74) is 6.27. The normalized spacial score (nSPS) is 11.5. The third kappa shape index (κ3) is 5.27. The Morgan fingerprint density at radius 2 is 1.81 bits per heavy atom. The van der Waals surface area contributed by atoms with Crippen molar-refractivity contribution in [3.05, 3.63) is 29.8 Å². The summed E-state index contributed by atoms with van der Waals surface area (Å²) in [6.45, 7) is 0.597. The molecular formula is C10H12F3NOS. The van der Waals surface area contributed by atoms with Gasteiger partial charge in [0.1, 0.15) is 5.75 Å². The molecule has 0 spiro atoms. The van der Waals surface area contributed by atoms with Gasteiger partial charge in [-0.2, -0.15) is 11.8 Å². The highest BCUT2D eigenvalue weighted by Gasteiger charge is 2.30. The molecule has 1 aromatic rings. The van der Waals surface area contributed by atoms with E-state index >= 15 is 0 Å². The molecule has 0 aliphatic carbocycles. The van der Waals surface area contributed by atoms with E-state index in [1.165, 1.54) is 12.1 Å². The first-order valence-electron chi connectivity index (χ1n) is 4.64. The zero-order valence-corrected chi connectivity index (χ0v) is 9.27. The first-order chi connectivity index (χ1) is 7.51. The molecule has 0 saturated heterocycles. The molecule has 2 nitrogen and oxygen atoms in total. The molecule has 0 radical (unpaired) electrons. The summed E-state index contributed by atoms with van der Waals surface area (Å²) in [5.74, 6) is 1.38. The first-order valence-corrected chi connectivity index (χ1v) is 5.79. The maximum atomic E-state index is 11.9. The van der Waals surface area contributed by atoms with Crippen LogP contribution in [0.15, 0.2) is 24.3 Å². The van der Waals surface area contributed by atoms with Crippen molar-refractivity contribution < 1.29 is 17.9 Å². The predicted molar refractivity (Wildman–Crippen MR) is 58.3 cm³/mol. The van der Waals surface area contributed by atoms with Gasteiger partial charge in [0.15, 0.2) is 0 Å². The van der Waals surface area contributed by atoms with Gasteiger partial charge < -0.3 is 10.5 Å². The van der Waals surface area contributed by atoms with Crippen LogP contribution < -0.4 is 10.5 Å². The number of thioether (sulfide) groups is 1. The average molecular weight is 251 g/mol. The fourth-order valence-corrected chi connectivity index (χ4v) is 1.80. The van der Waals surface area contributed by atoms with Gasteiger partial charge in [-0.1, -0.05) is 12.1 Å². The minimum atomic E-state index is -4.63. The highest BCUT2D eigenvalue weighted by Crippen LogP contribution is 2.23. The lowest BCUT2D eigenvalue weighted by Crippen LogP contribution is -2.17. The molecule has 0 bridgehead atoms. The molecule has 0 saturated carbocycles. The van der Waals surface area contributed by atoms with Gasteiger partial charge in [0.2, 0.25) is 0 Å². The van der Waals surface area contributed by atoms with Crippen molar-refractivity contribution >= 4 is 11.8 Å². The van der Waals surface area contributed by atoms with Crippen LogP contribution in [-0.2, 0) is 5.75 Å². The number of benzene rings is 1. The van der Waals surface area contributed by atoms with E-state index in [1.807, 2.05) is 0 Å². The van der Waals surface area contributed by atoms with Gasteiger partial charge in [-0.05, 0) is 17.7 Å². The van der Waals surface area contributed by atoms with Crippen LogP contribution in [0, 0.1) is 0 Å². The number of ether oxygens (including phenoxy) is 1. The Labute approximate surface area is 96.0 Å². The van der Waals surface area contributed by atoms with E-state index in [9.17, 15) is 13.2 Å². The Morgan fingerprint density at radius 1 is 1.19 bits per heavy atom. The maximum Gasteiger partial charge on any atom is 0.573 e. The SMILES string of the molecule is NCCSCc1ccc(OC(F)(F)F)cc1. The third-order valence-corrected chi connectivity index (χ3v) is 2.75. The van der Waals surface area contributed by atoms with Crippen molar-refractivity contribution in [2.24, 2.45) is 5.73 Å². The Hall–Kier alpha value is -0.880. The molecule has 0 amide bonds. The Kier molecular flexibility index (Phi) is 4.95. The molecule has 1 aromatic carbocycles. The van der Waals surface area contributed by atoms with E-state index in [-0.39, 0.29) is 5.75 Å². The molecule has 0 atom stereocenters. The van der Waals surface area contributed by atoms with Gasteiger partial charge in [-0.15, -0.1) is 13.2 Å². The van der Waals surface area contributed by atoms with E-state index in [2.05, 4.69) is 4.74 Å². The molecule has 16 heavy (non-hydrogen) atoms. The lowest BCUT2D eigenvalue weighted by Gasteiger charge is -2.09. The average Bonchev–Trinajstić information content (AvgIpc) is 2.19. The van der Waals surface area contributed by atoms with Crippen LogP contribution in [-0.4, -0.2) is 18.7 Å². The first kappa shape index (κ1) is 13.2. The Balaban J connectivity index is 2.48. The molecule has 2 N–H and O–H groups in total. The van der Waals surface area contributed by atoms with Gasteiger partial charge in [-0.25, -0.2) is 0 Å². The van der Waals surface area contributed by atoms with Crippen LogP contribution >= 0.6 is 11.8 Å². The molecule has 0 unspecified atom stereocenters. The second-order valence-corrected chi connectivity index (χ2v) is 4.14. The lowest BCUT2D eigenvalue weighted by molar-refractivity contribution is -0.274. The number of hydrogen-bond donors (Lipinski definition) is 1. The number of hydrogen-bond acceptors (Lipinski definition) is 3. The standard InChI is InChI=1S/C10H12F3NOS/c11-10(12,13)15-9-3-1-8(2-4-9)7-16-6-5-14/h1-4H,5-7,14H2. The smallest absolute Gasteiger partial charge is 0.406 e. The zero-order valence-electron chi connectivity index (χ0n) is 8.46. The van der Waals surface area contributed by atoms with Gasteiger partial charge in [0.25, 0.3) is 0 Å². The topological polar surface area (TPSA) is 35.2 Å². The van der Waals surface area contributed by atoms with Crippen molar-refractivity contribution in [2.75, 3.05) is 12.3 Å². The number of nitrogens with two attached hydrogens (primary N) is 1. The van der Waals surface area contributed by atoms with E-state index < -0.39 is 6.36 Å². The van der Waals surface area contributed by atoms with Crippen molar-refractivity contribution in [1.29, 1.82) is 0 Å². The molecule has 0 heterocycles. The molecule has 90 valence electrons. The molecule has 6 heteroatoms. The van der Waals surface area contributed by atoms with Gasteiger partial charge in [-0.3, -0.25) is 0 Å². The molecule has 0 aromatic heterocycles. The summed E-state index contributed by atoms with van der Waals surface area (Å²) in [5, 5.41) is 0. The summed E-state index contributed by atoms with van der Waals surface area (Å²) in [6.07, 6.45) is -4.63. The predicted octanol–water partition coefficient (Wildman–Crippen LogP) is 2.78. The third-order valence-electron chi connectivity index (χ3n) is 1.69. The summed E-state index contributed by atoms with van der Waals surface area (Å²) < 4.78 is 39.3. The fraction of sp³-hybridized carbons (Fsp3) is 0.400. The Bertz CT molecular complexity index is 313. The number of alkyl halides is 3. The minimum Gasteiger partial charge on any atom is -0.406 e. The van der Waals surface area contributed by atoms with E-state index in [1.54, 1.807) is 23.9 Å². The van der Waals surface area contributed by atoms with Gasteiger partial charge in [0, 0.05) is 18.1 Å². The van der Waals surface area contributed by atoms with Gasteiger partial charge >= 0.3 is 6.36 Å². The summed E-state index contributed by atoms with van der Waals surface area (Å²) in [4.78, 5) is 0. The highest BCUT2D eigenvalue weighted by molar-refractivity contribution is 7.98. The van der Waals surface area contributed by atoms with E-state index in [0.29, 0.717) is 6.54 Å². The molecule has 1 rings (SSSR count). The van der Waals surface area contributed by atoms with Crippen LogP contribution in [0.25, 0.3) is 0 Å². The van der Waals surface area contributed by atoms with Crippen molar-refractivity contribution in [1.82, 2.24) is 0 Å². The second kappa shape index (κ2) is 6.00. The monoisotopic (exact) mass is 251 g/mol. The minimum absolute atomic E-state index is 0.194. The fourth-order valence-electron chi connectivity index (χ4n) is 1.06. The van der Waals surface area contributed by atoms with Crippen molar-refractivity contribution in [3.63, 3.8) is 0 Å². The quantitative estimate of drug-likeness (QED) is 0.817. The van der Waals surface area contributed by atoms with Crippen LogP contribution in [0.3, 0.4) is 0 Å². The van der Waals surface area contributed by atoms with E-state index in [0.717, 1.165) is 17.1 Å². The largest absolute Gasteiger partial charge is 0.573 e. The van der Waals surface area contributed by atoms with Crippen LogP contribution in [0.2, 0.25) is 0 Å². The zero-order chi connectivity index (χ0) is 12.0. The van der Waals surface area contributed by atoms with Crippen LogP contribution in [0.1, 0.15) is 5.56 Å². The van der Waals surface area contributed by atoms with Crippen LogP contribution in [0.4, 0.5) is 13.2 Å². The van der Waals surface area contributed by atoms with Crippen LogP contribution in [0.5, 0.6) is 5.75 Å². The number of halogens is 3. The van der Waals surface area contributed by atoms with E-state index in [4.69, 9.17) is 5.73 Å². The molecule has 0 aliphatic rings. The summed E-state index contributed by atoms with van der Waals surface area (Å²) in [6, 6.07) is 5.85. The highest BCUT2D eigenvalue weighted by atomic mass is 32.2. The summed E-state index contributed by atoms with van der Waals surface area (Å²) >= 11 is 1.64. The Morgan fingerprint density at radius 3 is 2.31 bits per heavy atom. The summed E-state index contributed by atoms with van der Waals surface area (Å²) in [7, 11) is 0. The van der Waals surface area contributed by atoms with Gasteiger partial charge in [0.05, 0.1) is 0 Å². The second-order valence-electron chi connectivity index (χ2n) is 3.03. The maximum absolute atomic E-state index is 11.9. The number of rotatable bonds is 5. The molecule has 0 fully saturated rings. The lowest BCUT2D eigenvalue weighted by atomic mass is 10.2. The van der Waals surface area contributed by atoms with Crippen molar-refractivity contribution in [3.8, 4) is 5.75 Å².